The second kappa shape index (κ2) is 46.5. The van der Waals surface area contributed by atoms with E-state index in [-0.39, 0.29) is 31.1 Å². The van der Waals surface area contributed by atoms with Crippen LogP contribution >= 0.6 is 0 Å². The Morgan fingerprint density at radius 2 is 0.569 bits per heavy atom. The minimum atomic E-state index is -0.760. The second-order valence-electron chi connectivity index (χ2n) is 18.3. The van der Waals surface area contributed by atoms with Gasteiger partial charge in [-0.1, -0.05) is 252 Å². The summed E-state index contributed by atoms with van der Waals surface area (Å²) in [6.45, 7) is 9.02. The SMILES string of the molecule is CCCCCCCCCCCCCCCCCC(=O)O[C@H](COC(=O)CCCCCCCCCCCC)COC(=O)CCCCCCCCCCCCCCC(C)C. The minimum Gasteiger partial charge on any atom is -0.462 e. The van der Waals surface area contributed by atoms with Crippen molar-refractivity contribution < 1.29 is 28.6 Å². The van der Waals surface area contributed by atoms with Gasteiger partial charge >= 0.3 is 17.9 Å². The Morgan fingerprint density at radius 3 is 0.845 bits per heavy atom. The van der Waals surface area contributed by atoms with Gasteiger partial charge in [-0.25, -0.2) is 0 Å². The third-order valence-electron chi connectivity index (χ3n) is 11.8. The molecule has 0 rings (SSSR count). The molecule has 0 aromatic rings. The molecule has 0 radical (unpaired) electrons. The number of esters is 3. The maximum atomic E-state index is 12.8. The average Bonchev–Trinajstić information content (AvgIpc) is 3.21. The first-order chi connectivity index (χ1) is 28.4. The van der Waals surface area contributed by atoms with E-state index in [4.69, 9.17) is 14.2 Å². The van der Waals surface area contributed by atoms with Crippen LogP contribution in [0.5, 0.6) is 0 Å². The van der Waals surface area contributed by atoms with Crippen LogP contribution < -0.4 is 0 Å². The molecule has 0 amide bonds. The van der Waals surface area contributed by atoms with Crippen LogP contribution in [0.25, 0.3) is 0 Å². The molecule has 0 heterocycles. The molecule has 0 aliphatic carbocycles. The molecule has 0 fully saturated rings. The van der Waals surface area contributed by atoms with Crippen molar-refractivity contribution in [1.82, 2.24) is 0 Å². The van der Waals surface area contributed by atoms with Gasteiger partial charge < -0.3 is 14.2 Å². The highest BCUT2D eigenvalue weighted by molar-refractivity contribution is 5.71. The van der Waals surface area contributed by atoms with E-state index in [0.29, 0.717) is 19.3 Å². The van der Waals surface area contributed by atoms with Gasteiger partial charge in [-0.3, -0.25) is 14.4 Å². The van der Waals surface area contributed by atoms with Crippen molar-refractivity contribution in [1.29, 1.82) is 0 Å². The molecule has 0 aromatic carbocycles. The molecule has 0 unspecified atom stereocenters. The fourth-order valence-corrected chi connectivity index (χ4v) is 7.86. The topological polar surface area (TPSA) is 78.9 Å². The van der Waals surface area contributed by atoms with Gasteiger partial charge in [-0.05, 0) is 25.2 Å². The first-order valence-electron chi connectivity index (χ1n) is 25.9. The zero-order chi connectivity index (χ0) is 42.4. The Morgan fingerprint density at radius 1 is 0.328 bits per heavy atom. The molecule has 0 aliphatic heterocycles. The summed E-state index contributed by atoms with van der Waals surface area (Å²) in [5, 5.41) is 0. The van der Waals surface area contributed by atoms with Crippen molar-refractivity contribution in [3.05, 3.63) is 0 Å². The predicted octanol–water partition coefficient (Wildman–Crippen LogP) is 16.7. The molecular formula is C52H100O6. The standard InChI is InChI=1S/C52H100O6/c1-5-7-9-11-13-15-17-18-19-20-25-29-33-37-41-45-52(55)58-49(46-56-50(53)43-39-35-31-27-16-14-12-10-8-6-2)47-57-51(54)44-40-36-32-28-24-22-21-23-26-30-34-38-42-48(3)4/h48-49H,5-47H2,1-4H3/t49-/m1/s1. The summed E-state index contributed by atoms with van der Waals surface area (Å²) in [6.07, 6.45) is 48.0. The van der Waals surface area contributed by atoms with E-state index in [2.05, 4.69) is 27.7 Å². The summed E-state index contributed by atoms with van der Waals surface area (Å²) in [6, 6.07) is 0. The summed E-state index contributed by atoms with van der Waals surface area (Å²) < 4.78 is 16.8. The predicted molar refractivity (Wildman–Crippen MR) is 247 cm³/mol. The van der Waals surface area contributed by atoms with E-state index in [1.807, 2.05) is 0 Å². The Kier molecular flexibility index (Phi) is 45.2. The quantitative estimate of drug-likeness (QED) is 0.0346. The summed E-state index contributed by atoms with van der Waals surface area (Å²) in [4.78, 5) is 37.9. The maximum Gasteiger partial charge on any atom is 0.306 e. The molecular weight excluding hydrogens is 721 g/mol. The second-order valence-corrected chi connectivity index (χ2v) is 18.3. The van der Waals surface area contributed by atoms with Gasteiger partial charge in [0, 0.05) is 19.3 Å². The van der Waals surface area contributed by atoms with Gasteiger partial charge in [0.1, 0.15) is 13.2 Å². The third kappa shape index (κ3) is 45.5. The first kappa shape index (κ1) is 56.4. The highest BCUT2D eigenvalue weighted by Gasteiger charge is 2.19. The van der Waals surface area contributed by atoms with Crippen LogP contribution in [0.3, 0.4) is 0 Å². The van der Waals surface area contributed by atoms with Gasteiger partial charge in [0.2, 0.25) is 0 Å². The third-order valence-corrected chi connectivity index (χ3v) is 11.8. The monoisotopic (exact) mass is 821 g/mol. The Balaban J connectivity index is 4.29. The molecule has 0 N–H and O–H groups in total. The van der Waals surface area contributed by atoms with E-state index in [9.17, 15) is 14.4 Å². The summed E-state index contributed by atoms with van der Waals surface area (Å²) in [5.74, 6) is -0.0114. The van der Waals surface area contributed by atoms with E-state index in [1.165, 1.54) is 186 Å². The fourth-order valence-electron chi connectivity index (χ4n) is 7.86. The zero-order valence-electron chi connectivity index (χ0n) is 39.5. The average molecular weight is 821 g/mol. The number of rotatable bonds is 47. The molecule has 0 saturated carbocycles. The molecule has 1 atom stereocenters. The highest BCUT2D eigenvalue weighted by Crippen LogP contribution is 2.17. The largest absolute Gasteiger partial charge is 0.462 e. The molecule has 0 aromatic heterocycles. The van der Waals surface area contributed by atoms with E-state index >= 15 is 0 Å². The van der Waals surface area contributed by atoms with Crippen LogP contribution in [0.15, 0.2) is 0 Å². The van der Waals surface area contributed by atoms with Crippen LogP contribution in [0, 0.1) is 5.92 Å². The van der Waals surface area contributed by atoms with Crippen molar-refractivity contribution in [2.75, 3.05) is 13.2 Å². The lowest BCUT2D eigenvalue weighted by Gasteiger charge is -2.18. The Hall–Kier alpha value is -1.59. The van der Waals surface area contributed by atoms with Gasteiger partial charge in [0.05, 0.1) is 0 Å². The van der Waals surface area contributed by atoms with Gasteiger partial charge in [0.25, 0.3) is 0 Å². The Bertz CT molecular complexity index is 872. The molecule has 0 bridgehead atoms. The normalized spacial score (nSPS) is 11.9. The van der Waals surface area contributed by atoms with Crippen molar-refractivity contribution in [2.45, 2.75) is 297 Å². The van der Waals surface area contributed by atoms with E-state index < -0.39 is 6.10 Å². The molecule has 0 aliphatic rings. The van der Waals surface area contributed by atoms with Crippen molar-refractivity contribution in [2.24, 2.45) is 5.92 Å². The highest BCUT2D eigenvalue weighted by atomic mass is 16.6. The van der Waals surface area contributed by atoms with Gasteiger partial charge in [0.15, 0.2) is 6.10 Å². The maximum absolute atomic E-state index is 12.8. The lowest BCUT2D eigenvalue weighted by Crippen LogP contribution is -2.30. The van der Waals surface area contributed by atoms with Crippen LogP contribution in [-0.4, -0.2) is 37.2 Å². The van der Waals surface area contributed by atoms with Crippen molar-refractivity contribution in [3.8, 4) is 0 Å². The summed E-state index contributed by atoms with van der Waals surface area (Å²) in [5.41, 5.74) is 0. The van der Waals surface area contributed by atoms with Crippen molar-refractivity contribution >= 4 is 17.9 Å². The van der Waals surface area contributed by atoms with Gasteiger partial charge in [-0.2, -0.15) is 0 Å². The number of carbonyl (C=O) groups excluding carboxylic acids is 3. The first-order valence-corrected chi connectivity index (χ1v) is 25.9. The lowest BCUT2D eigenvalue weighted by molar-refractivity contribution is -0.167. The zero-order valence-corrected chi connectivity index (χ0v) is 39.5. The van der Waals surface area contributed by atoms with Crippen LogP contribution in [0.2, 0.25) is 0 Å². The molecule has 0 spiro atoms. The number of hydrogen-bond donors (Lipinski definition) is 0. The summed E-state index contributed by atoms with van der Waals surface area (Å²) in [7, 11) is 0. The molecule has 0 saturated heterocycles. The summed E-state index contributed by atoms with van der Waals surface area (Å²) >= 11 is 0. The van der Waals surface area contributed by atoms with Gasteiger partial charge in [-0.15, -0.1) is 0 Å². The fraction of sp³-hybridized carbons (Fsp3) is 0.942. The van der Waals surface area contributed by atoms with E-state index in [0.717, 1.165) is 63.7 Å². The molecule has 58 heavy (non-hydrogen) atoms. The number of unbranched alkanes of at least 4 members (excludes halogenated alkanes) is 34. The van der Waals surface area contributed by atoms with E-state index in [1.54, 1.807) is 0 Å². The van der Waals surface area contributed by atoms with Crippen LogP contribution in [0.1, 0.15) is 291 Å². The van der Waals surface area contributed by atoms with Crippen LogP contribution in [-0.2, 0) is 28.6 Å². The lowest BCUT2D eigenvalue weighted by atomic mass is 10.0. The molecule has 6 nitrogen and oxygen atoms in total. The minimum absolute atomic E-state index is 0.0628. The molecule has 6 heteroatoms. The molecule has 344 valence electrons. The number of carbonyl (C=O) groups is 3. The van der Waals surface area contributed by atoms with Crippen LogP contribution in [0.4, 0.5) is 0 Å². The Labute approximate surface area is 361 Å². The number of hydrogen-bond acceptors (Lipinski definition) is 6. The van der Waals surface area contributed by atoms with Crippen molar-refractivity contribution in [3.63, 3.8) is 0 Å². The number of ether oxygens (including phenoxy) is 3. The smallest absolute Gasteiger partial charge is 0.306 e.